The topological polar surface area (TPSA) is 69.0 Å². The number of ether oxygens (including phenoxy) is 1. The Hall–Kier alpha value is -3.15. The zero-order valence-corrected chi connectivity index (χ0v) is 14.9. The Labute approximate surface area is 152 Å². The smallest absolute Gasteiger partial charge is 0.226 e. The maximum Gasteiger partial charge on any atom is 0.226 e. The number of amides is 1. The molecule has 3 aromatic rings. The molecule has 6 nitrogen and oxygen atoms in total. The van der Waals surface area contributed by atoms with Gasteiger partial charge in [0.25, 0.3) is 0 Å². The van der Waals surface area contributed by atoms with Gasteiger partial charge in [-0.3, -0.25) is 4.79 Å². The van der Waals surface area contributed by atoms with E-state index < -0.39 is 0 Å². The minimum Gasteiger partial charge on any atom is -0.496 e. The lowest BCUT2D eigenvalue weighted by Crippen LogP contribution is -2.29. The van der Waals surface area contributed by atoms with Gasteiger partial charge < -0.3 is 10.1 Å². The van der Waals surface area contributed by atoms with Crippen molar-refractivity contribution >= 4 is 5.91 Å². The Morgan fingerprint density at radius 3 is 2.65 bits per heavy atom. The number of carbonyl (C=O) groups is 1. The summed E-state index contributed by atoms with van der Waals surface area (Å²) in [5, 5.41) is 11.5. The Morgan fingerprint density at radius 1 is 1.15 bits per heavy atom. The van der Waals surface area contributed by atoms with Gasteiger partial charge in [0.2, 0.25) is 5.91 Å². The van der Waals surface area contributed by atoms with Crippen LogP contribution in [0.15, 0.2) is 60.8 Å². The van der Waals surface area contributed by atoms with E-state index in [1.54, 1.807) is 13.3 Å². The number of methoxy groups -OCH3 is 1. The van der Waals surface area contributed by atoms with Crippen LogP contribution in [-0.4, -0.2) is 34.6 Å². The van der Waals surface area contributed by atoms with Crippen LogP contribution in [0.3, 0.4) is 0 Å². The minimum absolute atomic E-state index is 0.0770. The van der Waals surface area contributed by atoms with Crippen LogP contribution in [0.5, 0.6) is 5.75 Å². The predicted octanol–water partition coefficient (Wildman–Crippen LogP) is 2.74. The molecule has 134 valence electrons. The highest BCUT2D eigenvalue weighted by molar-refractivity contribution is 5.78. The molecule has 0 aliphatic carbocycles. The molecule has 0 saturated carbocycles. The van der Waals surface area contributed by atoms with Crippen molar-refractivity contribution < 1.29 is 9.53 Å². The molecule has 1 aromatic heterocycles. The molecule has 0 radical (unpaired) electrons. The van der Waals surface area contributed by atoms with Gasteiger partial charge in [0.05, 0.1) is 31.1 Å². The first-order chi connectivity index (χ1) is 12.7. The number of rotatable bonds is 7. The summed E-state index contributed by atoms with van der Waals surface area (Å²) < 4.78 is 5.38. The second-order valence-corrected chi connectivity index (χ2v) is 6.08. The highest BCUT2D eigenvalue weighted by atomic mass is 16.5. The fraction of sp³-hybridized carbons (Fsp3) is 0.250. The molecule has 0 saturated heterocycles. The molecule has 0 aliphatic rings. The average molecular weight is 350 g/mol. The van der Waals surface area contributed by atoms with Crippen molar-refractivity contribution in [3.8, 4) is 11.4 Å². The molecule has 1 atom stereocenters. The first-order valence-electron chi connectivity index (χ1n) is 8.53. The van der Waals surface area contributed by atoms with Gasteiger partial charge in [0, 0.05) is 12.5 Å². The van der Waals surface area contributed by atoms with E-state index in [1.807, 2.05) is 54.6 Å². The number of hydrogen-bond acceptors (Lipinski definition) is 4. The fourth-order valence-corrected chi connectivity index (χ4v) is 2.74. The fourth-order valence-electron chi connectivity index (χ4n) is 2.74. The first-order valence-corrected chi connectivity index (χ1v) is 8.53. The number of benzene rings is 2. The van der Waals surface area contributed by atoms with Gasteiger partial charge in [-0.25, -0.2) is 0 Å². The monoisotopic (exact) mass is 350 g/mol. The Balaban J connectivity index is 1.55. The molecule has 3 rings (SSSR count). The summed E-state index contributed by atoms with van der Waals surface area (Å²) in [4.78, 5) is 13.8. The highest BCUT2D eigenvalue weighted by Crippen LogP contribution is 2.25. The van der Waals surface area contributed by atoms with E-state index in [0.717, 1.165) is 17.0 Å². The molecule has 1 unspecified atom stereocenters. The van der Waals surface area contributed by atoms with E-state index in [1.165, 1.54) is 4.80 Å². The second-order valence-electron chi connectivity index (χ2n) is 6.08. The van der Waals surface area contributed by atoms with E-state index >= 15 is 0 Å². The van der Waals surface area contributed by atoms with Crippen LogP contribution < -0.4 is 10.1 Å². The normalized spacial score (nSPS) is 11.8. The van der Waals surface area contributed by atoms with Gasteiger partial charge in [-0.1, -0.05) is 43.3 Å². The van der Waals surface area contributed by atoms with Crippen molar-refractivity contribution in [2.75, 3.05) is 13.7 Å². The van der Waals surface area contributed by atoms with Gasteiger partial charge in [0.1, 0.15) is 5.75 Å². The molecule has 1 amide bonds. The van der Waals surface area contributed by atoms with Gasteiger partial charge in [-0.15, -0.1) is 0 Å². The summed E-state index contributed by atoms with van der Waals surface area (Å²) in [6.45, 7) is 2.59. The zero-order chi connectivity index (χ0) is 18.4. The van der Waals surface area contributed by atoms with Crippen LogP contribution in [0, 0.1) is 0 Å². The number of nitrogens with one attached hydrogen (secondary N) is 1. The third-order valence-electron chi connectivity index (χ3n) is 4.14. The van der Waals surface area contributed by atoms with Crippen LogP contribution >= 0.6 is 0 Å². The SMILES string of the molecule is COc1ccccc1C(C)CNC(=O)Cc1cnn(-c2ccccc2)n1. The van der Waals surface area contributed by atoms with Crippen molar-refractivity contribution in [3.63, 3.8) is 0 Å². The molecule has 2 aromatic carbocycles. The van der Waals surface area contributed by atoms with E-state index in [9.17, 15) is 4.79 Å². The minimum atomic E-state index is -0.0770. The van der Waals surface area contributed by atoms with Crippen LogP contribution in [0.1, 0.15) is 24.1 Å². The predicted molar refractivity (Wildman–Crippen MR) is 99.5 cm³/mol. The standard InChI is InChI=1S/C20H22N4O2/c1-15(18-10-6-7-11-19(18)26-2)13-21-20(25)12-16-14-22-24(23-16)17-8-4-3-5-9-17/h3-11,14-15H,12-13H2,1-2H3,(H,21,25). The zero-order valence-electron chi connectivity index (χ0n) is 14.9. The van der Waals surface area contributed by atoms with Crippen LogP contribution in [-0.2, 0) is 11.2 Å². The van der Waals surface area contributed by atoms with E-state index in [2.05, 4.69) is 22.4 Å². The highest BCUT2D eigenvalue weighted by Gasteiger charge is 2.13. The molecule has 26 heavy (non-hydrogen) atoms. The summed E-state index contributed by atoms with van der Waals surface area (Å²) in [6, 6.07) is 17.5. The van der Waals surface area contributed by atoms with E-state index in [-0.39, 0.29) is 18.2 Å². The van der Waals surface area contributed by atoms with Gasteiger partial charge >= 0.3 is 0 Å². The lowest BCUT2D eigenvalue weighted by molar-refractivity contribution is -0.120. The summed E-state index contributed by atoms with van der Waals surface area (Å²) in [7, 11) is 1.65. The van der Waals surface area contributed by atoms with Gasteiger partial charge in [-0.2, -0.15) is 15.0 Å². The number of carbonyl (C=O) groups excluding carboxylic acids is 1. The van der Waals surface area contributed by atoms with Crippen molar-refractivity contribution in [1.82, 2.24) is 20.3 Å². The molecule has 0 aliphatic heterocycles. The third-order valence-corrected chi connectivity index (χ3v) is 4.14. The lowest BCUT2D eigenvalue weighted by Gasteiger charge is -2.16. The van der Waals surface area contributed by atoms with Crippen molar-refractivity contribution in [3.05, 3.63) is 72.1 Å². The van der Waals surface area contributed by atoms with Crippen LogP contribution in [0.4, 0.5) is 0 Å². The van der Waals surface area contributed by atoms with Crippen molar-refractivity contribution in [1.29, 1.82) is 0 Å². The Morgan fingerprint density at radius 2 is 1.88 bits per heavy atom. The largest absolute Gasteiger partial charge is 0.496 e. The van der Waals surface area contributed by atoms with Crippen molar-refractivity contribution in [2.24, 2.45) is 0 Å². The van der Waals surface area contributed by atoms with Crippen LogP contribution in [0.25, 0.3) is 5.69 Å². The summed E-state index contributed by atoms with van der Waals surface area (Å²) in [5.41, 5.74) is 2.57. The quantitative estimate of drug-likeness (QED) is 0.711. The maximum atomic E-state index is 12.2. The second kappa shape index (κ2) is 8.29. The molecule has 0 fully saturated rings. The number of hydrogen-bond donors (Lipinski definition) is 1. The molecular weight excluding hydrogens is 328 g/mol. The summed E-state index contributed by atoms with van der Waals surface area (Å²) in [6.07, 6.45) is 1.82. The number of para-hydroxylation sites is 2. The molecule has 6 heteroatoms. The van der Waals surface area contributed by atoms with Gasteiger partial charge in [0.15, 0.2) is 0 Å². The average Bonchev–Trinajstić information content (AvgIpc) is 3.15. The molecule has 0 bridgehead atoms. The molecule has 1 N–H and O–H groups in total. The van der Waals surface area contributed by atoms with E-state index in [4.69, 9.17) is 4.74 Å². The number of aromatic nitrogens is 3. The van der Waals surface area contributed by atoms with Crippen LogP contribution in [0.2, 0.25) is 0 Å². The third kappa shape index (κ3) is 4.27. The van der Waals surface area contributed by atoms with Gasteiger partial charge in [-0.05, 0) is 23.8 Å². The molecular formula is C20H22N4O2. The first kappa shape index (κ1) is 17.7. The van der Waals surface area contributed by atoms with Crippen molar-refractivity contribution in [2.45, 2.75) is 19.3 Å². The molecule has 1 heterocycles. The summed E-state index contributed by atoms with van der Waals surface area (Å²) in [5.74, 6) is 0.905. The Kier molecular flexibility index (Phi) is 5.63. The van der Waals surface area contributed by atoms with E-state index in [0.29, 0.717) is 12.2 Å². The summed E-state index contributed by atoms with van der Waals surface area (Å²) >= 11 is 0. The Bertz CT molecular complexity index is 861. The number of nitrogens with zero attached hydrogens (tertiary/aromatic N) is 3. The lowest BCUT2D eigenvalue weighted by atomic mass is 10.00. The molecule has 0 spiro atoms. The maximum absolute atomic E-state index is 12.2.